The molecule has 0 fully saturated rings. The standard InChI is InChI=1S/C28H36N4O8S2/c1-17-7-10-23(11-8-17)42(37,38)31(6)15-26-18(2)14-32(19(3)16-33)28(34)24-13-22(9-12-25(24)39-26)30-41(35,36)27-20(4)29-40-21(27)5/h7-13,18-19,26,30,33H,14-16H2,1-6H3/t18-,19+,26+/m1/s1. The number of aryl methyl sites for hydroxylation is 3. The molecule has 228 valence electrons. The van der Waals surface area contributed by atoms with Crippen LogP contribution in [0.1, 0.15) is 41.2 Å². The Morgan fingerprint density at radius 1 is 1.12 bits per heavy atom. The molecule has 0 unspecified atom stereocenters. The molecule has 2 heterocycles. The molecule has 1 aliphatic rings. The molecule has 1 aromatic heterocycles. The summed E-state index contributed by atoms with van der Waals surface area (Å²) in [4.78, 5) is 15.3. The highest BCUT2D eigenvalue weighted by atomic mass is 32.2. The molecule has 14 heteroatoms. The van der Waals surface area contributed by atoms with Crippen LogP contribution in [-0.4, -0.2) is 81.1 Å². The van der Waals surface area contributed by atoms with E-state index in [0.717, 1.165) is 5.56 Å². The number of sulfonamides is 2. The summed E-state index contributed by atoms with van der Waals surface area (Å²) in [5.41, 5.74) is 1.29. The molecule has 3 aromatic rings. The van der Waals surface area contributed by atoms with Gasteiger partial charge in [-0.2, -0.15) is 4.31 Å². The quantitative estimate of drug-likeness (QED) is 0.367. The summed E-state index contributed by atoms with van der Waals surface area (Å²) >= 11 is 0. The predicted molar refractivity (Wildman–Crippen MR) is 155 cm³/mol. The number of rotatable bonds is 9. The highest BCUT2D eigenvalue weighted by Gasteiger charge is 2.35. The molecule has 4 rings (SSSR count). The van der Waals surface area contributed by atoms with E-state index in [1.54, 1.807) is 31.2 Å². The van der Waals surface area contributed by atoms with Crippen LogP contribution < -0.4 is 9.46 Å². The number of nitrogens with one attached hydrogen (secondary N) is 1. The second kappa shape index (κ2) is 12.0. The number of carbonyl (C=O) groups excluding carboxylic acids is 1. The summed E-state index contributed by atoms with van der Waals surface area (Å²) < 4.78 is 67.8. The highest BCUT2D eigenvalue weighted by Crippen LogP contribution is 2.32. The van der Waals surface area contributed by atoms with E-state index >= 15 is 0 Å². The van der Waals surface area contributed by atoms with Crippen LogP contribution in [0.25, 0.3) is 0 Å². The van der Waals surface area contributed by atoms with E-state index in [0.29, 0.717) is 0 Å². The number of carbonyl (C=O) groups is 1. The number of likely N-dealkylation sites (N-methyl/N-ethyl adjacent to an activating group) is 1. The van der Waals surface area contributed by atoms with Gasteiger partial charge in [0.2, 0.25) is 10.0 Å². The Hall–Kier alpha value is -3.46. The van der Waals surface area contributed by atoms with Crippen LogP contribution >= 0.6 is 0 Å². The maximum atomic E-state index is 13.7. The van der Waals surface area contributed by atoms with Gasteiger partial charge in [-0.3, -0.25) is 9.52 Å². The van der Waals surface area contributed by atoms with Crippen LogP contribution in [-0.2, 0) is 20.0 Å². The van der Waals surface area contributed by atoms with E-state index in [1.165, 1.54) is 48.3 Å². The number of fused-ring (bicyclic) bond motifs is 1. The maximum absolute atomic E-state index is 13.7. The number of aromatic nitrogens is 1. The monoisotopic (exact) mass is 620 g/mol. The van der Waals surface area contributed by atoms with Gasteiger partial charge in [0.15, 0.2) is 10.7 Å². The first-order valence-electron chi connectivity index (χ1n) is 13.4. The highest BCUT2D eigenvalue weighted by molar-refractivity contribution is 7.92. The Kier molecular flexibility index (Phi) is 9.02. The number of amides is 1. The van der Waals surface area contributed by atoms with Crippen molar-refractivity contribution in [1.82, 2.24) is 14.4 Å². The zero-order chi connectivity index (χ0) is 31.0. The van der Waals surface area contributed by atoms with Gasteiger partial charge < -0.3 is 19.3 Å². The zero-order valence-electron chi connectivity index (χ0n) is 24.4. The number of ether oxygens (including phenoxy) is 1. The summed E-state index contributed by atoms with van der Waals surface area (Å²) in [6.07, 6.45) is -0.680. The maximum Gasteiger partial charge on any atom is 0.267 e. The summed E-state index contributed by atoms with van der Waals surface area (Å²) in [5.74, 6) is -0.511. The minimum atomic E-state index is -4.09. The van der Waals surface area contributed by atoms with Crippen molar-refractivity contribution in [2.45, 2.75) is 56.6 Å². The molecular weight excluding hydrogens is 584 g/mol. The molecule has 0 radical (unpaired) electrons. The molecule has 0 saturated carbocycles. The van der Waals surface area contributed by atoms with Crippen LogP contribution in [0.15, 0.2) is 56.8 Å². The van der Waals surface area contributed by atoms with Gasteiger partial charge in [-0.05, 0) is 58.0 Å². The van der Waals surface area contributed by atoms with Gasteiger partial charge in [0.1, 0.15) is 17.5 Å². The van der Waals surface area contributed by atoms with E-state index in [9.17, 15) is 26.7 Å². The van der Waals surface area contributed by atoms with Gasteiger partial charge in [0.05, 0.1) is 29.7 Å². The van der Waals surface area contributed by atoms with Crippen LogP contribution in [0, 0.1) is 26.7 Å². The average Bonchev–Trinajstić information content (AvgIpc) is 3.28. The molecule has 0 aliphatic carbocycles. The molecule has 42 heavy (non-hydrogen) atoms. The Morgan fingerprint density at radius 2 is 1.79 bits per heavy atom. The van der Waals surface area contributed by atoms with Gasteiger partial charge in [-0.25, -0.2) is 16.8 Å². The van der Waals surface area contributed by atoms with Crippen molar-refractivity contribution in [3.8, 4) is 5.75 Å². The van der Waals surface area contributed by atoms with Crippen molar-refractivity contribution < 1.29 is 36.0 Å². The van der Waals surface area contributed by atoms with Crippen molar-refractivity contribution in [2.24, 2.45) is 5.92 Å². The van der Waals surface area contributed by atoms with Gasteiger partial charge in [0.25, 0.3) is 15.9 Å². The molecule has 0 saturated heterocycles. The SMILES string of the molecule is Cc1ccc(S(=O)(=O)N(C)C[C@@H]2Oc3ccc(NS(=O)(=O)c4c(C)noc4C)cc3C(=O)N([C@@H](C)CO)C[C@H]2C)cc1. The molecule has 3 atom stereocenters. The van der Waals surface area contributed by atoms with Gasteiger partial charge in [-0.1, -0.05) is 29.8 Å². The van der Waals surface area contributed by atoms with Crippen LogP contribution in [0.3, 0.4) is 0 Å². The number of benzene rings is 2. The number of nitrogens with zero attached hydrogens (tertiary/aromatic N) is 3. The Morgan fingerprint density at radius 3 is 2.38 bits per heavy atom. The Labute approximate surface area is 246 Å². The fraction of sp³-hybridized carbons (Fsp3) is 0.429. The predicted octanol–water partition coefficient (Wildman–Crippen LogP) is 2.94. The molecule has 1 amide bonds. The fourth-order valence-electron chi connectivity index (χ4n) is 4.81. The van der Waals surface area contributed by atoms with E-state index in [1.807, 2.05) is 13.8 Å². The number of hydrogen-bond donors (Lipinski definition) is 2. The lowest BCUT2D eigenvalue weighted by Gasteiger charge is -2.38. The molecule has 0 spiro atoms. The van der Waals surface area contributed by atoms with E-state index < -0.39 is 38.1 Å². The smallest absolute Gasteiger partial charge is 0.267 e. The number of aliphatic hydroxyl groups is 1. The fourth-order valence-corrected chi connectivity index (χ4v) is 7.37. The lowest BCUT2D eigenvalue weighted by Crippen LogP contribution is -2.50. The van der Waals surface area contributed by atoms with E-state index in [-0.39, 0.29) is 63.9 Å². The van der Waals surface area contributed by atoms with Crippen molar-refractivity contribution in [2.75, 3.05) is 31.5 Å². The van der Waals surface area contributed by atoms with Crippen molar-refractivity contribution in [3.05, 3.63) is 65.0 Å². The number of anilines is 1. The molecule has 2 aromatic carbocycles. The van der Waals surface area contributed by atoms with Gasteiger partial charge >= 0.3 is 0 Å². The normalized spacial score (nSPS) is 18.7. The third-order valence-electron chi connectivity index (χ3n) is 7.32. The molecular formula is C28H36N4O8S2. The van der Waals surface area contributed by atoms with Gasteiger partial charge in [0, 0.05) is 25.2 Å². The second-order valence-corrected chi connectivity index (χ2v) is 14.4. The molecule has 1 aliphatic heterocycles. The summed E-state index contributed by atoms with van der Waals surface area (Å²) in [6, 6.07) is 10.3. The zero-order valence-corrected chi connectivity index (χ0v) is 26.0. The third kappa shape index (κ3) is 6.31. The Balaban J connectivity index is 1.69. The molecule has 12 nitrogen and oxygen atoms in total. The first-order chi connectivity index (χ1) is 19.6. The minimum Gasteiger partial charge on any atom is -0.488 e. The lowest BCUT2D eigenvalue weighted by atomic mass is 9.99. The van der Waals surface area contributed by atoms with Crippen LogP contribution in [0.5, 0.6) is 5.75 Å². The van der Waals surface area contributed by atoms with E-state index in [2.05, 4.69) is 9.88 Å². The van der Waals surface area contributed by atoms with E-state index in [4.69, 9.17) is 9.26 Å². The Bertz CT molecular complexity index is 1650. The van der Waals surface area contributed by atoms with Gasteiger partial charge in [-0.15, -0.1) is 0 Å². The first-order valence-corrected chi connectivity index (χ1v) is 16.3. The molecule has 0 bridgehead atoms. The molecule has 2 N–H and O–H groups in total. The van der Waals surface area contributed by atoms with Crippen molar-refractivity contribution in [3.63, 3.8) is 0 Å². The topological polar surface area (TPSA) is 159 Å². The minimum absolute atomic E-state index is 0.0211. The van der Waals surface area contributed by atoms with Crippen LogP contribution in [0.4, 0.5) is 5.69 Å². The van der Waals surface area contributed by atoms with Crippen molar-refractivity contribution >= 4 is 31.6 Å². The lowest BCUT2D eigenvalue weighted by molar-refractivity contribution is 0.0387. The summed E-state index contributed by atoms with van der Waals surface area (Å²) in [5, 5.41) is 13.6. The van der Waals surface area contributed by atoms with Crippen LogP contribution in [0.2, 0.25) is 0 Å². The summed E-state index contributed by atoms with van der Waals surface area (Å²) in [6.45, 7) is 8.24. The second-order valence-electron chi connectivity index (χ2n) is 10.7. The number of hydrogen-bond acceptors (Lipinski definition) is 9. The summed E-state index contributed by atoms with van der Waals surface area (Å²) in [7, 11) is -6.46. The third-order valence-corrected chi connectivity index (χ3v) is 10.8. The number of aliphatic hydroxyl groups excluding tert-OH is 1. The first kappa shape index (κ1) is 31.5. The average molecular weight is 621 g/mol. The van der Waals surface area contributed by atoms with Crippen molar-refractivity contribution in [1.29, 1.82) is 0 Å². The largest absolute Gasteiger partial charge is 0.488 e.